The van der Waals surface area contributed by atoms with Crippen LogP contribution in [0.5, 0.6) is 0 Å². The minimum Gasteiger partial charge on any atom is -0.207 e. The van der Waals surface area contributed by atoms with Crippen molar-refractivity contribution in [2.45, 2.75) is 52.4 Å². The van der Waals surface area contributed by atoms with E-state index in [1.165, 1.54) is 31.7 Å². The Kier molecular flexibility index (Phi) is 8.65. The molecule has 0 aromatic heterocycles. The van der Waals surface area contributed by atoms with Crippen LogP contribution in [-0.4, -0.2) is 0 Å². The van der Waals surface area contributed by atoms with Gasteiger partial charge < -0.3 is 0 Å². The predicted molar refractivity (Wildman–Crippen MR) is 128 cm³/mol. The van der Waals surface area contributed by atoms with Gasteiger partial charge in [0.1, 0.15) is 11.6 Å². The predicted octanol–water partition coefficient (Wildman–Crippen LogP) is 7.59. The highest BCUT2D eigenvalue weighted by atomic mass is 19.1. The Morgan fingerprint density at radius 3 is 1.91 bits per heavy atom. The lowest BCUT2D eigenvalue weighted by molar-refractivity contribution is 0.613. The number of unbranched alkanes of at least 4 members (excludes halogenated alkanes) is 4. The standard InChI is InChI=1S/C30H28F2/c1-3-4-5-6-7-8-26-18-20-28(30(32)22-26)19-17-25-13-11-24(12-14-25)15-16-27-10-9-23(2)29(31)21-27/h9-14,18,20-22H,3-8H2,1-2H3. The summed E-state index contributed by atoms with van der Waals surface area (Å²) in [5.41, 5.74) is 4.28. The second-order valence-electron chi connectivity index (χ2n) is 8.02. The van der Waals surface area contributed by atoms with E-state index in [1.807, 2.05) is 30.3 Å². The second-order valence-corrected chi connectivity index (χ2v) is 8.02. The fourth-order valence-electron chi connectivity index (χ4n) is 3.34. The van der Waals surface area contributed by atoms with Crippen molar-refractivity contribution >= 4 is 0 Å². The monoisotopic (exact) mass is 426 g/mol. The Bertz CT molecular complexity index is 1170. The largest absolute Gasteiger partial charge is 0.207 e. The summed E-state index contributed by atoms with van der Waals surface area (Å²) >= 11 is 0. The summed E-state index contributed by atoms with van der Waals surface area (Å²) in [6.45, 7) is 3.93. The zero-order valence-corrected chi connectivity index (χ0v) is 18.8. The van der Waals surface area contributed by atoms with E-state index in [2.05, 4.69) is 30.6 Å². The van der Waals surface area contributed by atoms with Gasteiger partial charge in [0.25, 0.3) is 0 Å². The molecule has 0 amide bonds. The van der Waals surface area contributed by atoms with Gasteiger partial charge in [0.15, 0.2) is 0 Å². The highest BCUT2D eigenvalue weighted by molar-refractivity contribution is 5.48. The molecule has 0 atom stereocenters. The molecule has 0 aliphatic rings. The van der Waals surface area contributed by atoms with E-state index in [4.69, 9.17) is 0 Å². The first-order valence-corrected chi connectivity index (χ1v) is 11.2. The molecule has 2 heteroatoms. The molecule has 0 saturated carbocycles. The third-order valence-electron chi connectivity index (χ3n) is 5.35. The van der Waals surface area contributed by atoms with Gasteiger partial charge in [-0.3, -0.25) is 0 Å². The summed E-state index contributed by atoms with van der Waals surface area (Å²) in [7, 11) is 0. The van der Waals surface area contributed by atoms with Gasteiger partial charge in [-0.25, -0.2) is 8.78 Å². The first-order valence-electron chi connectivity index (χ1n) is 11.2. The molecule has 0 aliphatic carbocycles. The summed E-state index contributed by atoms with van der Waals surface area (Å²) in [6, 6.07) is 17.7. The topological polar surface area (TPSA) is 0 Å². The summed E-state index contributed by atoms with van der Waals surface area (Å²) < 4.78 is 28.0. The molecule has 0 unspecified atom stereocenters. The zero-order valence-electron chi connectivity index (χ0n) is 18.8. The Hall–Kier alpha value is -3.36. The van der Waals surface area contributed by atoms with Crippen molar-refractivity contribution in [3.8, 4) is 23.7 Å². The average molecular weight is 427 g/mol. The first kappa shape index (κ1) is 23.3. The van der Waals surface area contributed by atoms with Gasteiger partial charge in [0, 0.05) is 16.7 Å². The minimum absolute atomic E-state index is 0.255. The number of halogens is 2. The van der Waals surface area contributed by atoms with Crippen LogP contribution in [0.15, 0.2) is 60.7 Å². The summed E-state index contributed by atoms with van der Waals surface area (Å²) in [6.07, 6.45) is 6.94. The quantitative estimate of drug-likeness (QED) is 0.281. The van der Waals surface area contributed by atoms with Crippen molar-refractivity contribution in [1.29, 1.82) is 0 Å². The molecular weight excluding hydrogens is 398 g/mol. The summed E-state index contributed by atoms with van der Waals surface area (Å²) in [4.78, 5) is 0. The molecule has 0 N–H and O–H groups in total. The van der Waals surface area contributed by atoms with Gasteiger partial charge in [-0.1, -0.05) is 68.4 Å². The molecule has 0 spiro atoms. The van der Waals surface area contributed by atoms with Crippen molar-refractivity contribution in [2.75, 3.05) is 0 Å². The van der Waals surface area contributed by atoms with Gasteiger partial charge >= 0.3 is 0 Å². The highest BCUT2D eigenvalue weighted by Crippen LogP contribution is 2.14. The minimum atomic E-state index is -0.267. The summed E-state index contributed by atoms with van der Waals surface area (Å²) in [5.74, 6) is 11.4. The average Bonchev–Trinajstić information content (AvgIpc) is 2.80. The van der Waals surface area contributed by atoms with Gasteiger partial charge in [0.05, 0.1) is 5.56 Å². The number of aryl methyl sites for hydroxylation is 2. The maximum atomic E-state index is 14.4. The van der Waals surface area contributed by atoms with Crippen LogP contribution in [0, 0.1) is 42.2 Å². The molecule has 0 radical (unpaired) electrons. The lowest BCUT2D eigenvalue weighted by Crippen LogP contribution is -1.91. The van der Waals surface area contributed by atoms with Crippen LogP contribution in [0.2, 0.25) is 0 Å². The molecular formula is C30H28F2. The van der Waals surface area contributed by atoms with E-state index in [0.29, 0.717) is 16.7 Å². The van der Waals surface area contributed by atoms with Gasteiger partial charge in [0.2, 0.25) is 0 Å². The molecule has 3 rings (SSSR count). The normalized spacial score (nSPS) is 10.1. The Balaban J connectivity index is 1.61. The lowest BCUT2D eigenvalue weighted by Gasteiger charge is -2.03. The van der Waals surface area contributed by atoms with Gasteiger partial charge in [-0.05, 0) is 79.4 Å². The zero-order chi connectivity index (χ0) is 22.8. The van der Waals surface area contributed by atoms with Gasteiger partial charge in [-0.2, -0.15) is 0 Å². The molecule has 162 valence electrons. The third kappa shape index (κ3) is 7.11. The Labute approximate surface area is 190 Å². The van der Waals surface area contributed by atoms with Crippen LogP contribution in [0.1, 0.15) is 72.4 Å². The maximum absolute atomic E-state index is 14.4. The van der Waals surface area contributed by atoms with Crippen molar-refractivity contribution in [2.24, 2.45) is 0 Å². The van der Waals surface area contributed by atoms with Crippen molar-refractivity contribution < 1.29 is 8.78 Å². The van der Waals surface area contributed by atoms with Crippen LogP contribution in [0.25, 0.3) is 0 Å². The maximum Gasteiger partial charge on any atom is 0.139 e. The van der Waals surface area contributed by atoms with Crippen molar-refractivity contribution in [3.63, 3.8) is 0 Å². The van der Waals surface area contributed by atoms with Crippen LogP contribution in [-0.2, 0) is 6.42 Å². The van der Waals surface area contributed by atoms with E-state index >= 15 is 0 Å². The van der Waals surface area contributed by atoms with Crippen LogP contribution in [0.3, 0.4) is 0 Å². The van der Waals surface area contributed by atoms with E-state index < -0.39 is 0 Å². The fraction of sp³-hybridized carbons (Fsp3) is 0.267. The Morgan fingerprint density at radius 2 is 1.25 bits per heavy atom. The molecule has 0 fully saturated rings. The molecule has 0 nitrogen and oxygen atoms in total. The number of hydrogen-bond donors (Lipinski definition) is 0. The fourth-order valence-corrected chi connectivity index (χ4v) is 3.34. The van der Waals surface area contributed by atoms with E-state index in [1.54, 1.807) is 31.2 Å². The second kappa shape index (κ2) is 11.9. The number of benzene rings is 3. The van der Waals surface area contributed by atoms with Crippen LogP contribution < -0.4 is 0 Å². The molecule has 0 saturated heterocycles. The van der Waals surface area contributed by atoms with Crippen LogP contribution in [0.4, 0.5) is 8.78 Å². The van der Waals surface area contributed by atoms with Crippen LogP contribution >= 0.6 is 0 Å². The van der Waals surface area contributed by atoms with Crippen molar-refractivity contribution in [3.05, 3.63) is 106 Å². The lowest BCUT2D eigenvalue weighted by atomic mass is 10.0. The third-order valence-corrected chi connectivity index (χ3v) is 5.35. The smallest absolute Gasteiger partial charge is 0.139 e. The molecule has 0 bridgehead atoms. The summed E-state index contributed by atoms with van der Waals surface area (Å²) in [5, 5.41) is 0. The molecule has 0 aliphatic heterocycles. The molecule has 3 aromatic rings. The number of rotatable bonds is 6. The van der Waals surface area contributed by atoms with Gasteiger partial charge in [-0.15, -0.1) is 0 Å². The molecule has 0 heterocycles. The molecule has 32 heavy (non-hydrogen) atoms. The Morgan fingerprint density at radius 1 is 0.625 bits per heavy atom. The first-order chi connectivity index (χ1) is 15.5. The molecule has 3 aromatic carbocycles. The number of hydrogen-bond acceptors (Lipinski definition) is 0. The van der Waals surface area contributed by atoms with E-state index in [9.17, 15) is 8.78 Å². The van der Waals surface area contributed by atoms with E-state index in [-0.39, 0.29) is 11.6 Å². The SMILES string of the molecule is CCCCCCCc1ccc(C#Cc2ccc(C#Cc3ccc(C)c(F)c3)cc2)c(F)c1. The van der Waals surface area contributed by atoms with Crippen molar-refractivity contribution in [1.82, 2.24) is 0 Å². The highest BCUT2D eigenvalue weighted by Gasteiger charge is 2.02. The van der Waals surface area contributed by atoms with E-state index in [0.717, 1.165) is 29.5 Å².